The second kappa shape index (κ2) is 6.20. The second-order valence-corrected chi connectivity index (χ2v) is 2.77. The highest BCUT2D eigenvalue weighted by Gasteiger charge is 1.88. The molecule has 0 N–H and O–H groups in total. The van der Waals surface area contributed by atoms with Gasteiger partial charge in [-0.1, -0.05) is 23.6 Å². The van der Waals surface area contributed by atoms with Crippen LogP contribution in [0, 0.1) is 42.6 Å². The second-order valence-electron chi connectivity index (χ2n) is 2.77. The lowest BCUT2D eigenvalue weighted by Crippen LogP contribution is -1.81. The lowest BCUT2D eigenvalue weighted by atomic mass is 10.2. The maximum absolute atomic E-state index is 5.13. The topological polar surface area (TPSA) is 9.23 Å². The van der Waals surface area contributed by atoms with Crippen molar-refractivity contribution in [1.29, 1.82) is 0 Å². The van der Waals surface area contributed by atoms with Crippen LogP contribution in [0.15, 0.2) is 24.3 Å². The molecule has 0 unspecified atom stereocenters. The SMILES string of the molecule is CC#CC#CC#COc1ccc(C)cc1. The maximum atomic E-state index is 5.13. The Labute approximate surface area is 90.5 Å². The lowest BCUT2D eigenvalue weighted by molar-refractivity contribution is 0.520. The third kappa shape index (κ3) is 4.47. The summed E-state index contributed by atoms with van der Waals surface area (Å²) in [5.41, 5.74) is 1.19. The predicted molar refractivity (Wildman–Crippen MR) is 60.8 cm³/mol. The molecule has 15 heavy (non-hydrogen) atoms. The van der Waals surface area contributed by atoms with Gasteiger partial charge in [-0.25, -0.2) is 0 Å². The zero-order chi connectivity index (χ0) is 10.9. The van der Waals surface area contributed by atoms with Gasteiger partial charge in [0.15, 0.2) is 0 Å². The Hall–Kier alpha value is -2.30. The Bertz CT molecular complexity index is 490. The highest BCUT2D eigenvalue weighted by molar-refractivity contribution is 5.35. The van der Waals surface area contributed by atoms with Crippen LogP contribution in [0.25, 0.3) is 0 Å². The highest BCUT2D eigenvalue weighted by atomic mass is 16.5. The van der Waals surface area contributed by atoms with Crippen molar-refractivity contribution in [3.8, 4) is 41.5 Å². The molecule has 0 aliphatic carbocycles. The minimum absolute atomic E-state index is 0.719. The Morgan fingerprint density at radius 3 is 2.27 bits per heavy atom. The van der Waals surface area contributed by atoms with E-state index in [-0.39, 0.29) is 0 Å². The fourth-order valence-corrected chi connectivity index (χ4v) is 0.841. The van der Waals surface area contributed by atoms with Crippen LogP contribution < -0.4 is 4.74 Å². The van der Waals surface area contributed by atoms with Crippen molar-refractivity contribution in [2.45, 2.75) is 13.8 Å². The molecule has 72 valence electrons. The molecule has 0 amide bonds. The van der Waals surface area contributed by atoms with Gasteiger partial charge in [0.2, 0.25) is 0 Å². The Kier molecular flexibility index (Phi) is 4.45. The molecule has 1 rings (SSSR count). The van der Waals surface area contributed by atoms with E-state index in [9.17, 15) is 0 Å². The van der Waals surface area contributed by atoms with Gasteiger partial charge in [-0.15, -0.1) is 0 Å². The third-order valence-corrected chi connectivity index (χ3v) is 1.55. The average molecular weight is 194 g/mol. The third-order valence-electron chi connectivity index (χ3n) is 1.55. The van der Waals surface area contributed by atoms with Crippen LogP contribution in [-0.2, 0) is 0 Å². The van der Waals surface area contributed by atoms with Crippen LogP contribution in [0.5, 0.6) is 5.75 Å². The van der Waals surface area contributed by atoms with Gasteiger partial charge in [0.25, 0.3) is 0 Å². The first kappa shape index (κ1) is 10.8. The van der Waals surface area contributed by atoms with Crippen molar-refractivity contribution in [3.05, 3.63) is 29.8 Å². The van der Waals surface area contributed by atoms with Crippen LogP contribution in [-0.4, -0.2) is 0 Å². The number of hydrogen-bond acceptors (Lipinski definition) is 1. The van der Waals surface area contributed by atoms with Gasteiger partial charge >= 0.3 is 0 Å². The fraction of sp³-hybridized carbons (Fsp3) is 0.143. The van der Waals surface area contributed by atoms with Crippen molar-refractivity contribution in [3.63, 3.8) is 0 Å². The van der Waals surface area contributed by atoms with E-state index in [1.165, 1.54) is 5.56 Å². The maximum Gasteiger partial charge on any atom is 0.140 e. The summed E-state index contributed by atoms with van der Waals surface area (Å²) in [4.78, 5) is 0. The molecular formula is C14H10O. The summed E-state index contributed by atoms with van der Waals surface area (Å²) < 4.78 is 5.13. The summed E-state index contributed by atoms with van der Waals surface area (Å²) in [5.74, 6) is 13.6. The summed E-state index contributed by atoms with van der Waals surface area (Å²) in [6.07, 6.45) is 2.49. The van der Waals surface area contributed by atoms with E-state index in [1.807, 2.05) is 31.2 Å². The molecule has 1 aromatic rings. The van der Waals surface area contributed by atoms with E-state index in [4.69, 9.17) is 4.74 Å². The molecule has 0 atom stereocenters. The summed E-state index contributed by atoms with van der Waals surface area (Å²) in [5, 5.41) is 0. The Morgan fingerprint density at radius 1 is 0.933 bits per heavy atom. The summed E-state index contributed by atoms with van der Waals surface area (Å²) in [7, 11) is 0. The number of rotatable bonds is 1. The molecule has 0 saturated carbocycles. The highest BCUT2D eigenvalue weighted by Crippen LogP contribution is 2.10. The van der Waals surface area contributed by atoms with E-state index in [0.29, 0.717) is 0 Å². The smallest absolute Gasteiger partial charge is 0.140 e. The normalized spacial score (nSPS) is 7.07. The molecule has 1 nitrogen and oxygen atoms in total. The standard InChI is InChI=1S/C14H10O/c1-3-4-5-6-7-12-15-14-10-8-13(2)9-11-14/h8-11H,1-2H3. The van der Waals surface area contributed by atoms with Gasteiger partial charge in [0, 0.05) is 11.8 Å². The minimum Gasteiger partial charge on any atom is -0.407 e. The summed E-state index contributed by atoms with van der Waals surface area (Å²) in [6, 6.07) is 7.66. The molecule has 0 spiro atoms. The molecule has 0 aliphatic heterocycles. The van der Waals surface area contributed by atoms with Crippen LogP contribution in [0.2, 0.25) is 0 Å². The number of hydrogen-bond donors (Lipinski definition) is 0. The molecule has 1 heteroatoms. The van der Waals surface area contributed by atoms with Gasteiger partial charge in [0.1, 0.15) is 11.9 Å². The zero-order valence-corrected chi connectivity index (χ0v) is 8.72. The van der Waals surface area contributed by atoms with Gasteiger partial charge < -0.3 is 4.74 Å². The van der Waals surface area contributed by atoms with Gasteiger partial charge in [0.05, 0.1) is 0 Å². The van der Waals surface area contributed by atoms with E-state index in [1.54, 1.807) is 6.92 Å². The van der Waals surface area contributed by atoms with Crippen molar-refractivity contribution >= 4 is 0 Å². The minimum atomic E-state index is 0.719. The zero-order valence-electron chi connectivity index (χ0n) is 8.72. The number of aryl methyl sites for hydroxylation is 1. The fourth-order valence-electron chi connectivity index (χ4n) is 0.841. The molecule has 0 radical (unpaired) electrons. The number of benzene rings is 1. The van der Waals surface area contributed by atoms with E-state index < -0.39 is 0 Å². The molecule has 0 bridgehead atoms. The molecule has 0 aromatic heterocycles. The first-order chi connectivity index (χ1) is 7.33. The van der Waals surface area contributed by atoms with E-state index in [0.717, 1.165) is 5.75 Å². The largest absolute Gasteiger partial charge is 0.407 e. The average Bonchev–Trinajstić information content (AvgIpc) is 2.26. The van der Waals surface area contributed by atoms with Crippen molar-refractivity contribution in [1.82, 2.24) is 0 Å². The Balaban J connectivity index is 2.53. The first-order valence-corrected chi connectivity index (χ1v) is 4.48. The molecule has 0 fully saturated rings. The first-order valence-electron chi connectivity index (χ1n) is 4.48. The monoisotopic (exact) mass is 194 g/mol. The quantitative estimate of drug-likeness (QED) is 0.623. The lowest BCUT2D eigenvalue weighted by Gasteiger charge is -1.95. The van der Waals surface area contributed by atoms with Gasteiger partial charge in [-0.05, 0) is 37.8 Å². The molecule has 0 aliphatic rings. The van der Waals surface area contributed by atoms with Crippen LogP contribution in [0.4, 0.5) is 0 Å². The van der Waals surface area contributed by atoms with Gasteiger partial charge in [-0.2, -0.15) is 0 Å². The summed E-state index contributed by atoms with van der Waals surface area (Å²) >= 11 is 0. The number of ether oxygens (including phenoxy) is 1. The molecular weight excluding hydrogens is 184 g/mol. The predicted octanol–water partition coefficient (Wildman–Crippen LogP) is 2.36. The van der Waals surface area contributed by atoms with E-state index >= 15 is 0 Å². The summed E-state index contributed by atoms with van der Waals surface area (Å²) in [6.45, 7) is 3.75. The van der Waals surface area contributed by atoms with Crippen molar-refractivity contribution in [2.24, 2.45) is 0 Å². The molecule has 0 heterocycles. The van der Waals surface area contributed by atoms with Crippen LogP contribution in [0.3, 0.4) is 0 Å². The van der Waals surface area contributed by atoms with Crippen molar-refractivity contribution in [2.75, 3.05) is 0 Å². The van der Waals surface area contributed by atoms with Crippen molar-refractivity contribution < 1.29 is 4.74 Å². The van der Waals surface area contributed by atoms with Gasteiger partial charge in [-0.3, -0.25) is 0 Å². The Morgan fingerprint density at radius 2 is 1.60 bits per heavy atom. The molecule has 0 saturated heterocycles. The van der Waals surface area contributed by atoms with Crippen LogP contribution in [0.1, 0.15) is 12.5 Å². The molecule has 1 aromatic carbocycles. The van der Waals surface area contributed by atoms with Crippen LogP contribution >= 0.6 is 0 Å². The van der Waals surface area contributed by atoms with E-state index in [2.05, 4.69) is 35.7 Å².